The van der Waals surface area contributed by atoms with Crippen LogP contribution in [0.2, 0.25) is 5.02 Å². The molecule has 0 saturated heterocycles. The maximum atomic E-state index is 9.70. The zero-order valence-corrected chi connectivity index (χ0v) is 10.1. The summed E-state index contributed by atoms with van der Waals surface area (Å²) < 4.78 is 0. The van der Waals surface area contributed by atoms with Gasteiger partial charge in [-0.3, -0.25) is 0 Å². The van der Waals surface area contributed by atoms with Crippen molar-refractivity contribution in [1.29, 1.82) is 0 Å². The molecule has 0 aromatic heterocycles. The lowest BCUT2D eigenvalue weighted by molar-refractivity contribution is 0.0343. The van der Waals surface area contributed by atoms with Crippen molar-refractivity contribution in [2.75, 3.05) is 5.33 Å². The normalized spacial score (nSPS) is 15.2. The predicted molar refractivity (Wildman–Crippen MR) is 60.9 cm³/mol. The molecule has 0 saturated carbocycles. The van der Waals surface area contributed by atoms with E-state index in [2.05, 4.69) is 15.9 Å². The molecule has 2 unspecified atom stereocenters. The Hall–Kier alpha value is -0.0900. The number of hydrogen-bond donors (Lipinski definition) is 2. The number of benzene rings is 1. The SMILES string of the molecule is Cc1ccc(C(O)C(O)CBr)c(Cl)c1. The molecule has 1 aromatic rings. The number of rotatable bonds is 3. The molecule has 0 aliphatic carbocycles. The van der Waals surface area contributed by atoms with Gasteiger partial charge in [-0.25, -0.2) is 0 Å². The minimum Gasteiger partial charge on any atom is -0.389 e. The van der Waals surface area contributed by atoms with Gasteiger partial charge in [-0.2, -0.15) is 0 Å². The van der Waals surface area contributed by atoms with Gasteiger partial charge in [-0.15, -0.1) is 0 Å². The second-order valence-corrected chi connectivity index (χ2v) is 4.25. The molecule has 0 aliphatic heterocycles. The number of aliphatic hydroxyl groups excluding tert-OH is 2. The van der Waals surface area contributed by atoms with Gasteiger partial charge in [0.05, 0.1) is 6.10 Å². The molecule has 0 radical (unpaired) electrons. The van der Waals surface area contributed by atoms with Crippen LogP contribution in [0.3, 0.4) is 0 Å². The minimum atomic E-state index is -0.942. The monoisotopic (exact) mass is 278 g/mol. The second-order valence-electron chi connectivity index (χ2n) is 3.19. The van der Waals surface area contributed by atoms with E-state index in [-0.39, 0.29) is 0 Å². The van der Waals surface area contributed by atoms with E-state index in [1.807, 2.05) is 13.0 Å². The van der Waals surface area contributed by atoms with E-state index in [0.29, 0.717) is 15.9 Å². The molecule has 2 N–H and O–H groups in total. The smallest absolute Gasteiger partial charge is 0.107 e. The fourth-order valence-electron chi connectivity index (χ4n) is 1.16. The van der Waals surface area contributed by atoms with Gasteiger partial charge in [-0.05, 0) is 18.6 Å². The maximum absolute atomic E-state index is 9.70. The maximum Gasteiger partial charge on any atom is 0.107 e. The minimum absolute atomic E-state index is 0.318. The third kappa shape index (κ3) is 2.70. The van der Waals surface area contributed by atoms with Crippen LogP contribution in [-0.4, -0.2) is 21.6 Å². The molecule has 0 bridgehead atoms. The van der Waals surface area contributed by atoms with E-state index in [4.69, 9.17) is 11.6 Å². The Bertz CT molecular complexity index is 317. The van der Waals surface area contributed by atoms with Gasteiger partial charge in [0.2, 0.25) is 0 Å². The summed E-state index contributed by atoms with van der Waals surface area (Å²) in [5.41, 5.74) is 1.59. The van der Waals surface area contributed by atoms with Crippen molar-refractivity contribution >= 4 is 27.5 Å². The zero-order valence-electron chi connectivity index (χ0n) is 7.74. The van der Waals surface area contributed by atoms with Crippen LogP contribution in [-0.2, 0) is 0 Å². The van der Waals surface area contributed by atoms with Gasteiger partial charge in [0, 0.05) is 15.9 Å². The molecule has 0 amide bonds. The molecule has 1 rings (SSSR count). The van der Waals surface area contributed by atoms with Crippen LogP contribution in [0.5, 0.6) is 0 Å². The van der Waals surface area contributed by atoms with Crippen molar-refractivity contribution < 1.29 is 10.2 Å². The third-order valence-electron chi connectivity index (χ3n) is 2.00. The Kier molecular flexibility index (Phi) is 4.38. The lowest BCUT2D eigenvalue weighted by atomic mass is 10.0. The van der Waals surface area contributed by atoms with Crippen LogP contribution in [0.4, 0.5) is 0 Å². The second kappa shape index (κ2) is 5.12. The average molecular weight is 280 g/mol. The molecule has 0 aliphatic rings. The zero-order chi connectivity index (χ0) is 10.7. The third-order valence-corrected chi connectivity index (χ3v) is 2.99. The Morgan fingerprint density at radius 1 is 1.43 bits per heavy atom. The van der Waals surface area contributed by atoms with Gasteiger partial charge >= 0.3 is 0 Å². The molecule has 1 aromatic carbocycles. The lowest BCUT2D eigenvalue weighted by Gasteiger charge is -2.17. The summed E-state index contributed by atoms with van der Waals surface area (Å²) in [5.74, 6) is 0. The van der Waals surface area contributed by atoms with Crippen molar-refractivity contribution in [3.05, 3.63) is 34.3 Å². The van der Waals surface area contributed by atoms with Crippen LogP contribution >= 0.6 is 27.5 Å². The molecule has 4 heteroatoms. The summed E-state index contributed by atoms with van der Waals surface area (Å²) in [6, 6.07) is 5.35. The van der Waals surface area contributed by atoms with E-state index in [9.17, 15) is 10.2 Å². The van der Waals surface area contributed by atoms with Crippen LogP contribution in [0.25, 0.3) is 0 Å². The summed E-state index contributed by atoms with van der Waals surface area (Å²) >= 11 is 9.04. The van der Waals surface area contributed by atoms with Crippen LogP contribution in [0.1, 0.15) is 17.2 Å². The van der Waals surface area contributed by atoms with Crippen molar-refractivity contribution in [1.82, 2.24) is 0 Å². The summed E-state index contributed by atoms with van der Waals surface area (Å²) in [5, 5.41) is 19.9. The summed E-state index contributed by atoms with van der Waals surface area (Å²) in [4.78, 5) is 0. The number of halogens is 2. The van der Waals surface area contributed by atoms with Crippen molar-refractivity contribution in [3.63, 3.8) is 0 Å². The fraction of sp³-hybridized carbons (Fsp3) is 0.400. The molecule has 0 fully saturated rings. The molecule has 0 spiro atoms. The number of hydrogen-bond acceptors (Lipinski definition) is 2. The van der Waals surface area contributed by atoms with Gasteiger partial charge < -0.3 is 10.2 Å². The Labute approximate surface area is 96.7 Å². The first-order valence-corrected chi connectivity index (χ1v) is 5.74. The Morgan fingerprint density at radius 3 is 2.57 bits per heavy atom. The summed E-state index contributed by atoms with van der Waals surface area (Å²) in [6.07, 6.45) is -1.78. The summed E-state index contributed by atoms with van der Waals surface area (Å²) in [6.45, 7) is 1.92. The van der Waals surface area contributed by atoms with Crippen LogP contribution < -0.4 is 0 Å². The largest absolute Gasteiger partial charge is 0.389 e. The lowest BCUT2D eigenvalue weighted by Crippen LogP contribution is -2.19. The van der Waals surface area contributed by atoms with Gasteiger partial charge in [0.25, 0.3) is 0 Å². The standard InChI is InChI=1S/C10H12BrClO2/c1-6-2-3-7(8(12)4-6)10(14)9(13)5-11/h2-4,9-10,13-14H,5H2,1H3. The van der Waals surface area contributed by atoms with Crippen molar-refractivity contribution in [3.8, 4) is 0 Å². The van der Waals surface area contributed by atoms with Gasteiger partial charge in [0.1, 0.15) is 6.10 Å². The van der Waals surface area contributed by atoms with E-state index in [1.54, 1.807) is 12.1 Å². The van der Waals surface area contributed by atoms with Gasteiger partial charge in [0.15, 0.2) is 0 Å². The van der Waals surface area contributed by atoms with Gasteiger partial charge in [-0.1, -0.05) is 39.7 Å². The molecule has 2 atom stereocenters. The molecule has 0 heterocycles. The fourth-order valence-corrected chi connectivity index (χ4v) is 1.86. The highest BCUT2D eigenvalue weighted by Crippen LogP contribution is 2.26. The Balaban J connectivity index is 2.95. The molecule has 2 nitrogen and oxygen atoms in total. The topological polar surface area (TPSA) is 40.5 Å². The first kappa shape index (κ1) is 12.0. The first-order chi connectivity index (χ1) is 6.56. The molecular formula is C10H12BrClO2. The number of aryl methyl sites for hydroxylation is 1. The van der Waals surface area contributed by atoms with Crippen molar-refractivity contribution in [2.45, 2.75) is 19.1 Å². The van der Waals surface area contributed by atoms with Crippen LogP contribution in [0, 0.1) is 6.92 Å². The first-order valence-electron chi connectivity index (χ1n) is 4.24. The van der Waals surface area contributed by atoms with E-state index in [1.165, 1.54) is 0 Å². The predicted octanol–water partition coefficient (Wildman–Crippen LogP) is 2.44. The number of aliphatic hydroxyl groups is 2. The molecule has 14 heavy (non-hydrogen) atoms. The Morgan fingerprint density at radius 2 is 2.07 bits per heavy atom. The highest BCUT2D eigenvalue weighted by atomic mass is 79.9. The summed E-state index contributed by atoms with van der Waals surface area (Å²) in [7, 11) is 0. The van der Waals surface area contributed by atoms with E-state index in [0.717, 1.165) is 5.56 Å². The quantitative estimate of drug-likeness (QED) is 0.834. The van der Waals surface area contributed by atoms with E-state index < -0.39 is 12.2 Å². The van der Waals surface area contributed by atoms with E-state index >= 15 is 0 Å². The average Bonchev–Trinajstić information content (AvgIpc) is 2.15. The highest BCUT2D eigenvalue weighted by Gasteiger charge is 2.19. The van der Waals surface area contributed by atoms with Crippen LogP contribution in [0.15, 0.2) is 18.2 Å². The highest BCUT2D eigenvalue weighted by molar-refractivity contribution is 9.09. The van der Waals surface area contributed by atoms with Crippen molar-refractivity contribution in [2.24, 2.45) is 0 Å². The molecule has 78 valence electrons. The number of alkyl halides is 1. The molecular weight excluding hydrogens is 267 g/mol.